The minimum absolute atomic E-state index is 0.237. The Balaban J connectivity index is 2.73. The summed E-state index contributed by atoms with van der Waals surface area (Å²) in [4.78, 5) is 49.6. The molecule has 0 aliphatic heterocycles. The molecule has 0 heterocycles. The van der Waals surface area contributed by atoms with Gasteiger partial charge in [-0.2, -0.15) is 0 Å². The Morgan fingerprint density at radius 3 is 2.23 bits per heavy atom. The Morgan fingerprint density at radius 2 is 1.66 bits per heavy atom. The van der Waals surface area contributed by atoms with Gasteiger partial charge in [-0.25, -0.2) is 9.59 Å². The molecule has 10 heteroatoms. The highest BCUT2D eigenvalue weighted by Gasteiger charge is 2.30. The van der Waals surface area contributed by atoms with Gasteiger partial charge in [-0.3, -0.25) is 9.59 Å². The molecule has 3 atom stereocenters. The summed E-state index contributed by atoms with van der Waals surface area (Å²) in [5.41, 5.74) is -0.197. The van der Waals surface area contributed by atoms with Gasteiger partial charge in [-0.15, -0.1) is 0 Å². The first-order valence-electron chi connectivity index (χ1n) is 11.9. The van der Waals surface area contributed by atoms with Crippen LogP contribution in [0.4, 0.5) is 4.79 Å². The van der Waals surface area contributed by atoms with Crippen molar-refractivity contribution in [3.8, 4) is 0 Å². The predicted molar refractivity (Wildman–Crippen MR) is 130 cm³/mol. The van der Waals surface area contributed by atoms with Crippen molar-refractivity contribution in [1.82, 2.24) is 16.0 Å². The average Bonchev–Trinajstić information content (AvgIpc) is 2.79. The number of aliphatic hydroxyl groups excluding tert-OH is 1. The van der Waals surface area contributed by atoms with Crippen LogP contribution in [0.15, 0.2) is 30.3 Å². The Labute approximate surface area is 207 Å². The maximum absolute atomic E-state index is 12.5. The molecule has 35 heavy (non-hydrogen) atoms. The molecule has 4 N–H and O–H groups in total. The minimum atomic E-state index is -1.60. The van der Waals surface area contributed by atoms with Gasteiger partial charge in [0.2, 0.25) is 5.91 Å². The number of nitrogens with one attached hydrogen (secondary N) is 3. The van der Waals surface area contributed by atoms with E-state index in [9.17, 15) is 24.3 Å². The van der Waals surface area contributed by atoms with E-state index >= 15 is 0 Å². The molecule has 0 radical (unpaired) electrons. The second-order valence-electron chi connectivity index (χ2n) is 9.14. The number of carbonyl (C=O) groups excluding carboxylic acids is 4. The Hall–Kier alpha value is -3.14. The molecule has 1 aromatic rings. The van der Waals surface area contributed by atoms with Crippen molar-refractivity contribution in [2.45, 2.75) is 84.1 Å². The standard InChI is InChI=1S/C25H39N3O7/c1-6-8-15-34-23(32)20(17-13-10-9-11-14-17)28-19(29)16-26-22(31)21(30)18(12-7-2)27-24(33)35-25(3,4)5/h9-11,13-14,18,20-21,30H,6-8,12,15-16H2,1-5H3,(H,26,31)(H,27,33)(H,28,29)/t18?,20-,21?/m0/s1. The predicted octanol–water partition coefficient (Wildman–Crippen LogP) is 2.36. The monoisotopic (exact) mass is 493 g/mol. The van der Waals surface area contributed by atoms with Gasteiger partial charge in [-0.1, -0.05) is 57.0 Å². The molecular formula is C25H39N3O7. The molecule has 0 aromatic heterocycles. The number of hydrogen-bond donors (Lipinski definition) is 4. The number of ether oxygens (including phenoxy) is 2. The van der Waals surface area contributed by atoms with E-state index in [0.717, 1.165) is 6.42 Å². The lowest BCUT2D eigenvalue weighted by Gasteiger charge is -2.26. The highest BCUT2D eigenvalue weighted by Crippen LogP contribution is 2.15. The van der Waals surface area contributed by atoms with Gasteiger partial charge < -0.3 is 30.5 Å². The van der Waals surface area contributed by atoms with Crippen LogP contribution < -0.4 is 16.0 Å². The molecule has 0 aliphatic rings. The van der Waals surface area contributed by atoms with E-state index in [-0.39, 0.29) is 6.61 Å². The molecular weight excluding hydrogens is 454 g/mol. The van der Waals surface area contributed by atoms with E-state index in [1.54, 1.807) is 51.1 Å². The van der Waals surface area contributed by atoms with Gasteiger partial charge >= 0.3 is 12.1 Å². The number of alkyl carbamates (subject to hydrolysis) is 1. The largest absolute Gasteiger partial charge is 0.464 e. The van der Waals surface area contributed by atoms with Crippen LogP contribution in [0.2, 0.25) is 0 Å². The second kappa shape index (κ2) is 15.0. The molecule has 196 valence electrons. The van der Waals surface area contributed by atoms with Crippen LogP contribution in [0, 0.1) is 0 Å². The van der Waals surface area contributed by atoms with Crippen molar-refractivity contribution in [3.63, 3.8) is 0 Å². The van der Waals surface area contributed by atoms with Crippen molar-refractivity contribution in [3.05, 3.63) is 35.9 Å². The average molecular weight is 494 g/mol. The fourth-order valence-electron chi connectivity index (χ4n) is 3.07. The van der Waals surface area contributed by atoms with Gasteiger partial charge in [-0.05, 0) is 39.2 Å². The summed E-state index contributed by atoms with van der Waals surface area (Å²) in [5, 5.41) is 17.9. The van der Waals surface area contributed by atoms with Gasteiger partial charge in [0, 0.05) is 0 Å². The van der Waals surface area contributed by atoms with Crippen molar-refractivity contribution < 1.29 is 33.8 Å². The molecule has 2 unspecified atom stereocenters. The summed E-state index contributed by atoms with van der Waals surface area (Å²) in [6, 6.07) is 6.69. The number of rotatable bonds is 13. The molecule has 0 saturated carbocycles. The van der Waals surface area contributed by atoms with E-state index in [4.69, 9.17) is 9.47 Å². The SMILES string of the molecule is CCCCOC(=O)[C@@H](NC(=O)CNC(=O)C(O)C(CCC)NC(=O)OC(C)(C)C)c1ccccc1. The fourth-order valence-corrected chi connectivity index (χ4v) is 3.07. The van der Waals surface area contributed by atoms with Crippen LogP contribution in [-0.2, 0) is 23.9 Å². The van der Waals surface area contributed by atoms with Gasteiger partial charge in [0.05, 0.1) is 19.2 Å². The topological polar surface area (TPSA) is 143 Å². The van der Waals surface area contributed by atoms with Crippen LogP contribution in [0.3, 0.4) is 0 Å². The molecule has 10 nitrogen and oxygen atoms in total. The molecule has 0 bridgehead atoms. The Bertz CT molecular complexity index is 824. The van der Waals surface area contributed by atoms with Crippen LogP contribution in [0.5, 0.6) is 0 Å². The van der Waals surface area contributed by atoms with E-state index in [2.05, 4.69) is 16.0 Å². The van der Waals surface area contributed by atoms with Crippen LogP contribution >= 0.6 is 0 Å². The Kier molecular flexibility index (Phi) is 12.8. The minimum Gasteiger partial charge on any atom is -0.464 e. The normalized spacial score (nSPS) is 13.7. The summed E-state index contributed by atoms with van der Waals surface area (Å²) >= 11 is 0. The maximum Gasteiger partial charge on any atom is 0.407 e. The Morgan fingerprint density at radius 1 is 1.00 bits per heavy atom. The highest BCUT2D eigenvalue weighted by atomic mass is 16.6. The molecule has 3 amide bonds. The van der Waals surface area contributed by atoms with E-state index in [1.807, 2.05) is 13.8 Å². The van der Waals surface area contributed by atoms with E-state index < -0.39 is 54.2 Å². The van der Waals surface area contributed by atoms with Gasteiger partial charge in [0.25, 0.3) is 5.91 Å². The summed E-state index contributed by atoms with van der Waals surface area (Å²) in [7, 11) is 0. The maximum atomic E-state index is 12.5. The third kappa shape index (κ3) is 11.7. The molecule has 1 rings (SSSR count). The lowest BCUT2D eigenvalue weighted by Crippen LogP contribution is -2.52. The number of hydrogen-bond acceptors (Lipinski definition) is 7. The zero-order valence-electron chi connectivity index (χ0n) is 21.3. The molecule has 0 saturated heterocycles. The first-order chi connectivity index (χ1) is 16.5. The highest BCUT2D eigenvalue weighted by molar-refractivity contribution is 5.90. The quantitative estimate of drug-likeness (QED) is 0.244. The lowest BCUT2D eigenvalue weighted by atomic mass is 10.1. The fraction of sp³-hybridized carbons (Fsp3) is 0.600. The summed E-state index contributed by atoms with van der Waals surface area (Å²) in [6.45, 7) is 8.66. The summed E-state index contributed by atoms with van der Waals surface area (Å²) < 4.78 is 10.4. The van der Waals surface area contributed by atoms with Crippen LogP contribution in [0.1, 0.15) is 71.9 Å². The zero-order valence-corrected chi connectivity index (χ0v) is 21.3. The van der Waals surface area contributed by atoms with Crippen LogP contribution in [-0.4, -0.2) is 59.9 Å². The van der Waals surface area contributed by atoms with Crippen LogP contribution in [0.25, 0.3) is 0 Å². The molecule has 0 spiro atoms. The third-order valence-electron chi connectivity index (χ3n) is 4.79. The second-order valence-corrected chi connectivity index (χ2v) is 9.14. The first kappa shape index (κ1) is 29.9. The van der Waals surface area contributed by atoms with Crippen molar-refractivity contribution >= 4 is 23.9 Å². The van der Waals surface area contributed by atoms with Gasteiger partial charge in [0.15, 0.2) is 12.1 Å². The lowest BCUT2D eigenvalue weighted by molar-refractivity contribution is -0.148. The number of esters is 1. The molecule has 0 aliphatic carbocycles. The van der Waals surface area contributed by atoms with Crippen molar-refractivity contribution in [1.29, 1.82) is 0 Å². The van der Waals surface area contributed by atoms with E-state index in [1.165, 1.54) is 0 Å². The molecule has 0 fully saturated rings. The van der Waals surface area contributed by atoms with Crippen molar-refractivity contribution in [2.24, 2.45) is 0 Å². The van der Waals surface area contributed by atoms with Crippen molar-refractivity contribution in [2.75, 3.05) is 13.2 Å². The number of unbranched alkanes of at least 4 members (excludes halogenated alkanes) is 1. The van der Waals surface area contributed by atoms with E-state index in [0.29, 0.717) is 24.8 Å². The number of benzene rings is 1. The third-order valence-corrected chi connectivity index (χ3v) is 4.79. The number of aliphatic hydroxyl groups is 1. The van der Waals surface area contributed by atoms with Gasteiger partial charge in [0.1, 0.15) is 5.60 Å². The zero-order chi connectivity index (χ0) is 26.4. The summed E-state index contributed by atoms with van der Waals surface area (Å²) in [5.74, 6) is -2.08. The smallest absolute Gasteiger partial charge is 0.407 e. The molecule has 1 aromatic carbocycles. The number of carbonyl (C=O) groups is 4. The number of amides is 3. The first-order valence-corrected chi connectivity index (χ1v) is 11.9. The summed E-state index contributed by atoms with van der Waals surface area (Å²) in [6.07, 6.45) is 0.105.